The van der Waals surface area contributed by atoms with Crippen molar-refractivity contribution in [2.75, 3.05) is 28.4 Å². The molecule has 214 valence electrons. The molecule has 2 rings (SSSR count). The minimum Gasteiger partial charge on any atom is -0.493 e. The highest BCUT2D eigenvalue weighted by Gasteiger charge is 2.36. The first-order valence-electron chi connectivity index (χ1n) is 13.3. The normalized spacial score (nSPS) is 13.6. The lowest BCUT2D eigenvalue weighted by Crippen LogP contribution is -2.40. The highest BCUT2D eigenvalue weighted by molar-refractivity contribution is 5.68. The molecule has 2 aromatic rings. The van der Waals surface area contributed by atoms with Crippen LogP contribution in [0, 0.1) is 17.2 Å². The molecule has 0 bridgehead atoms. The minimum atomic E-state index is -0.737. The third kappa shape index (κ3) is 8.44. The first-order valence-corrected chi connectivity index (χ1v) is 13.3. The predicted molar refractivity (Wildman–Crippen MR) is 152 cm³/mol. The van der Waals surface area contributed by atoms with Crippen LogP contribution in [0.15, 0.2) is 36.4 Å². The number of nitrogens with zero attached hydrogens (tertiary/aromatic N) is 1. The summed E-state index contributed by atoms with van der Waals surface area (Å²) in [6.07, 6.45) is 2.06. The minimum absolute atomic E-state index is 0.0451. The van der Waals surface area contributed by atoms with Crippen LogP contribution < -0.4 is 24.3 Å². The van der Waals surface area contributed by atoms with Crippen LogP contribution in [0.5, 0.6) is 23.0 Å². The van der Waals surface area contributed by atoms with Crippen molar-refractivity contribution in [3.05, 3.63) is 47.5 Å². The van der Waals surface area contributed by atoms with Gasteiger partial charge >= 0.3 is 6.09 Å². The van der Waals surface area contributed by atoms with Crippen molar-refractivity contribution in [3.8, 4) is 29.1 Å². The Morgan fingerprint density at radius 1 is 0.897 bits per heavy atom. The zero-order valence-corrected chi connectivity index (χ0v) is 24.8. The van der Waals surface area contributed by atoms with E-state index >= 15 is 0 Å². The number of nitrogens with one attached hydrogen (secondary N) is 1. The topological polar surface area (TPSA) is 99.0 Å². The maximum absolute atomic E-state index is 12.7. The Kier molecular flexibility index (Phi) is 11.3. The number of rotatable bonds is 13. The van der Waals surface area contributed by atoms with E-state index < -0.39 is 17.1 Å². The van der Waals surface area contributed by atoms with Gasteiger partial charge in [-0.15, -0.1) is 0 Å². The summed E-state index contributed by atoms with van der Waals surface area (Å²) >= 11 is 0. The molecule has 39 heavy (non-hydrogen) atoms. The van der Waals surface area contributed by atoms with Gasteiger partial charge in [0.1, 0.15) is 5.60 Å². The van der Waals surface area contributed by atoms with Gasteiger partial charge in [-0.3, -0.25) is 0 Å². The van der Waals surface area contributed by atoms with E-state index in [1.54, 1.807) is 28.4 Å². The van der Waals surface area contributed by atoms with Crippen molar-refractivity contribution in [2.45, 2.75) is 77.4 Å². The third-order valence-corrected chi connectivity index (χ3v) is 6.86. The highest BCUT2D eigenvalue weighted by Crippen LogP contribution is 2.41. The van der Waals surface area contributed by atoms with E-state index in [0.29, 0.717) is 48.7 Å². The quantitative estimate of drug-likeness (QED) is 0.312. The molecular weight excluding hydrogens is 496 g/mol. The molecular formula is C31H44N2O6. The molecule has 8 heteroatoms. The van der Waals surface area contributed by atoms with Crippen LogP contribution in [-0.4, -0.2) is 46.2 Å². The van der Waals surface area contributed by atoms with Gasteiger partial charge in [-0.25, -0.2) is 4.79 Å². The van der Waals surface area contributed by atoms with Gasteiger partial charge < -0.3 is 29.0 Å². The number of ether oxygens (including phenoxy) is 5. The molecule has 0 aliphatic heterocycles. The predicted octanol–water partition coefficient (Wildman–Crippen LogP) is 6.44. The smallest absolute Gasteiger partial charge is 0.407 e. The molecule has 0 spiro atoms. The van der Waals surface area contributed by atoms with Crippen molar-refractivity contribution >= 4 is 6.09 Å². The first-order chi connectivity index (χ1) is 18.4. The van der Waals surface area contributed by atoms with Crippen molar-refractivity contribution in [2.24, 2.45) is 5.92 Å². The van der Waals surface area contributed by atoms with Crippen LogP contribution in [0.25, 0.3) is 0 Å². The zero-order valence-electron chi connectivity index (χ0n) is 24.8. The van der Waals surface area contributed by atoms with Gasteiger partial charge in [0.05, 0.1) is 39.9 Å². The number of alkyl carbamates (subject to hydrolysis) is 1. The second-order valence-corrected chi connectivity index (χ2v) is 10.9. The third-order valence-electron chi connectivity index (χ3n) is 6.86. The molecule has 2 aromatic carbocycles. The van der Waals surface area contributed by atoms with Gasteiger partial charge in [0.25, 0.3) is 0 Å². The Hall–Kier alpha value is -3.60. The number of nitriles is 1. The molecule has 0 radical (unpaired) electrons. The van der Waals surface area contributed by atoms with Gasteiger partial charge in [-0.05, 0) is 87.8 Å². The molecule has 1 amide bonds. The molecule has 0 heterocycles. The van der Waals surface area contributed by atoms with Crippen molar-refractivity contribution in [1.29, 1.82) is 5.26 Å². The molecule has 8 nitrogen and oxygen atoms in total. The summed E-state index contributed by atoms with van der Waals surface area (Å²) in [6, 6.07) is 13.8. The number of benzene rings is 2. The van der Waals surface area contributed by atoms with Crippen LogP contribution in [0.1, 0.15) is 65.0 Å². The summed E-state index contributed by atoms with van der Waals surface area (Å²) in [6.45, 7) is 9.62. The lowest BCUT2D eigenvalue weighted by Gasteiger charge is -2.32. The number of hydrogen-bond acceptors (Lipinski definition) is 7. The molecule has 0 aliphatic carbocycles. The van der Waals surface area contributed by atoms with E-state index in [2.05, 4.69) is 25.2 Å². The van der Waals surface area contributed by atoms with Crippen LogP contribution >= 0.6 is 0 Å². The summed E-state index contributed by atoms with van der Waals surface area (Å²) in [5.41, 5.74) is 0.524. The zero-order chi connectivity index (χ0) is 29.2. The Morgan fingerprint density at radius 2 is 1.46 bits per heavy atom. The summed E-state index contributed by atoms with van der Waals surface area (Å²) in [4.78, 5) is 12.7. The van der Waals surface area contributed by atoms with Crippen molar-refractivity contribution < 1.29 is 28.5 Å². The summed E-state index contributed by atoms with van der Waals surface area (Å²) in [5, 5.41) is 13.5. The van der Waals surface area contributed by atoms with Gasteiger partial charge in [0, 0.05) is 6.04 Å². The van der Waals surface area contributed by atoms with E-state index in [4.69, 9.17) is 23.7 Å². The second-order valence-electron chi connectivity index (χ2n) is 10.9. The van der Waals surface area contributed by atoms with Gasteiger partial charge in [-0.1, -0.05) is 26.0 Å². The van der Waals surface area contributed by atoms with Crippen LogP contribution in [0.4, 0.5) is 4.79 Å². The highest BCUT2D eigenvalue weighted by atomic mass is 16.6. The number of carbonyl (C=O) groups excluding carboxylic acids is 1. The summed E-state index contributed by atoms with van der Waals surface area (Å²) in [7, 11) is 6.37. The first kappa shape index (κ1) is 31.6. The fourth-order valence-corrected chi connectivity index (χ4v) is 4.75. The average molecular weight is 541 g/mol. The number of hydrogen-bond donors (Lipinski definition) is 1. The summed E-state index contributed by atoms with van der Waals surface area (Å²) in [5.74, 6) is 2.52. The lowest BCUT2D eigenvalue weighted by atomic mass is 9.69. The average Bonchev–Trinajstić information content (AvgIpc) is 2.89. The summed E-state index contributed by atoms with van der Waals surface area (Å²) < 4.78 is 27.3. The Bertz CT molecular complexity index is 1130. The molecule has 1 unspecified atom stereocenters. The second kappa shape index (κ2) is 14.0. The van der Waals surface area contributed by atoms with E-state index in [9.17, 15) is 10.1 Å². The number of carbonyl (C=O) groups is 1. The van der Waals surface area contributed by atoms with E-state index in [0.717, 1.165) is 11.1 Å². The fourth-order valence-electron chi connectivity index (χ4n) is 4.75. The van der Waals surface area contributed by atoms with E-state index in [1.165, 1.54) is 0 Å². The van der Waals surface area contributed by atoms with Gasteiger partial charge in [0.2, 0.25) is 0 Å². The largest absolute Gasteiger partial charge is 0.493 e. The van der Waals surface area contributed by atoms with Crippen LogP contribution in [0.3, 0.4) is 0 Å². The number of amides is 1. The molecule has 0 saturated heterocycles. The molecule has 0 saturated carbocycles. The lowest BCUT2D eigenvalue weighted by molar-refractivity contribution is 0.0500. The molecule has 0 aliphatic rings. The fraction of sp³-hybridized carbons (Fsp3) is 0.548. The maximum Gasteiger partial charge on any atom is 0.407 e. The standard InChI is InChI=1S/C31H44N2O6/c1-21(2)31(20-32,23-13-15-26(36-7)28(19-23)38-9)16-10-11-24(33-29(34)39-30(3,4)5)17-22-12-14-25(35-6)27(18-22)37-8/h12-15,18-19,21,24H,10-11,16-17H2,1-9H3,(H,33,34)/t24-,31?/m1/s1. The molecule has 1 N–H and O–H groups in total. The van der Waals surface area contributed by atoms with Crippen molar-refractivity contribution in [1.82, 2.24) is 5.32 Å². The Balaban J connectivity index is 2.30. The Morgan fingerprint density at radius 3 is 1.97 bits per heavy atom. The van der Waals surface area contributed by atoms with Gasteiger partial charge in [0.15, 0.2) is 23.0 Å². The number of methoxy groups -OCH3 is 4. The van der Waals surface area contributed by atoms with Crippen LogP contribution in [0.2, 0.25) is 0 Å². The molecule has 0 aromatic heterocycles. The maximum atomic E-state index is 12.7. The SMILES string of the molecule is COc1ccc(C[C@@H](CCCC(C#N)(c2ccc(OC)c(OC)c2)C(C)C)NC(=O)OC(C)(C)C)cc1OC. The van der Waals surface area contributed by atoms with E-state index in [-0.39, 0.29) is 12.0 Å². The molecule has 2 atom stereocenters. The molecule has 0 fully saturated rings. The van der Waals surface area contributed by atoms with Crippen molar-refractivity contribution in [3.63, 3.8) is 0 Å². The van der Waals surface area contributed by atoms with Crippen LogP contribution in [-0.2, 0) is 16.6 Å². The monoisotopic (exact) mass is 540 g/mol. The Labute approximate surface area is 233 Å². The van der Waals surface area contributed by atoms with Gasteiger partial charge in [-0.2, -0.15) is 5.26 Å². The van der Waals surface area contributed by atoms with E-state index in [1.807, 2.05) is 57.2 Å².